The van der Waals surface area contributed by atoms with Crippen molar-refractivity contribution in [3.8, 4) is 5.75 Å². The summed E-state index contributed by atoms with van der Waals surface area (Å²) in [5.74, 6) is 0.448. The predicted octanol–water partition coefficient (Wildman–Crippen LogP) is 5.51. The maximum absolute atomic E-state index is 13.9. The van der Waals surface area contributed by atoms with E-state index < -0.39 is 39.7 Å². The minimum Gasteiger partial charge on any atom is -0.494 e. The second-order valence-corrected chi connectivity index (χ2v) is 24.4. The van der Waals surface area contributed by atoms with E-state index in [0.717, 1.165) is 144 Å². The Balaban J connectivity index is 0.612. The van der Waals surface area contributed by atoms with Gasteiger partial charge in [-0.15, -0.1) is 0 Å². The highest BCUT2D eigenvalue weighted by atomic mass is 79.9. The Bertz CT molecular complexity index is 3090. The number of piperidine rings is 4. The first-order chi connectivity index (χ1) is 37.1. The van der Waals surface area contributed by atoms with Crippen LogP contribution in [0.4, 0.5) is 40.2 Å². The van der Waals surface area contributed by atoms with Crippen LogP contribution >= 0.6 is 15.9 Å². The van der Waals surface area contributed by atoms with E-state index in [1.807, 2.05) is 24.3 Å². The largest absolute Gasteiger partial charge is 0.494 e. The first-order valence-corrected chi connectivity index (χ1v) is 29.7. The van der Waals surface area contributed by atoms with E-state index in [1.165, 1.54) is 10.6 Å². The minimum absolute atomic E-state index is 0.0688. The van der Waals surface area contributed by atoms with Gasteiger partial charge in [-0.3, -0.25) is 43.4 Å². The van der Waals surface area contributed by atoms with E-state index in [0.29, 0.717) is 75.3 Å². The monoisotopic (exact) mass is 1130 g/mol. The Labute approximate surface area is 458 Å². The lowest BCUT2D eigenvalue weighted by atomic mass is 9.91. The molecule has 5 amide bonds. The highest BCUT2D eigenvalue weighted by Crippen LogP contribution is 2.41. The van der Waals surface area contributed by atoms with Gasteiger partial charge in [0, 0.05) is 107 Å². The van der Waals surface area contributed by atoms with Crippen molar-refractivity contribution in [2.24, 2.45) is 11.8 Å². The summed E-state index contributed by atoms with van der Waals surface area (Å²) in [6.07, 6.45) is 9.60. The van der Waals surface area contributed by atoms with Gasteiger partial charge in [-0.25, -0.2) is 13.4 Å². The Kier molecular flexibility index (Phi) is 14.9. The van der Waals surface area contributed by atoms with Gasteiger partial charge in [0.05, 0.1) is 46.0 Å². The topological polar surface area (TPSA) is 213 Å². The van der Waals surface area contributed by atoms with E-state index in [9.17, 15) is 32.4 Å². The fourth-order valence-corrected chi connectivity index (χ4v) is 14.0. The molecule has 0 aliphatic carbocycles. The van der Waals surface area contributed by atoms with Crippen molar-refractivity contribution in [2.45, 2.75) is 76.8 Å². The molecule has 8 heterocycles. The van der Waals surface area contributed by atoms with Crippen molar-refractivity contribution in [1.82, 2.24) is 34.9 Å². The zero-order valence-electron chi connectivity index (χ0n) is 43.9. The number of nitrogens with one attached hydrogen (secondary N) is 3. The smallest absolute Gasteiger partial charge is 0.262 e. The zero-order chi connectivity index (χ0) is 53.7. The molecule has 1 aromatic heterocycles. The second-order valence-electron chi connectivity index (χ2n) is 21.6. The van der Waals surface area contributed by atoms with Crippen molar-refractivity contribution < 1.29 is 37.1 Å². The van der Waals surface area contributed by atoms with Gasteiger partial charge in [0.2, 0.25) is 33.7 Å². The molecule has 1 unspecified atom stereocenters. The number of para-hydroxylation sites is 1. The molecule has 77 heavy (non-hydrogen) atoms. The van der Waals surface area contributed by atoms with Crippen molar-refractivity contribution >= 4 is 95.7 Å². The number of nitrogens with zero attached hydrogens (tertiary/aromatic N) is 9. The number of fused-ring (bicyclic) bond motifs is 2. The van der Waals surface area contributed by atoms with Crippen molar-refractivity contribution in [3.63, 3.8) is 0 Å². The van der Waals surface area contributed by atoms with Crippen LogP contribution < -0.4 is 34.8 Å². The number of anilines is 7. The standard InChI is InChI=1S/C55H67BrN12O8S/c1-34-29-44(59-55-57-32-42(56)50(61-55)58-43-6-4-5-36-15-24-67(49(36)43)77(3,74)75)47(76-2)31-46(34)65-22-16-38(17-23-65)64-25-27-66(28-26-64)52(71)37-13-18-62(19-14-37)33-35-11-20-63(21-12-35)39-7-8-40-41(30-39)54(73)68(53(40)72)45-9-10-48(69)60-51(45)70/h4-8,29-32,35,37-38,45H,9-28,33H2,1-3H3,(H,60,69,70)(H2,57,58,59,61). The molecule has 22 heteroatoms. The summed E-state index contributed by atoms with van der Waals surface area (Å²) in [5, 5.41) is 8.95. The number of hydrogen-bond acceptors (Lipinski definition) is 16. The third kappa shape index (κ3) is 10.8. The average molecular weight is 1140 g/mol. The van der Waals surface area contributed by atoms with Gasteiger partial charge in [0.25, 0.3) is 11.8 Å². The number of benzene rings is 3. The van der Waals surface area contributed by atoms with Crippen molar-refractivity contribution in [2.75, 3.05) is 117 Å². The van der Waals surface area contributed by atoms with Crippen LogP contribution in [0.5, 0.6) is 5.75 Å². The third-order valence-corrected chi connectivity index (χ3v) is 18.7. The lowest BCUT2D eigenvalue weighted by Crippen LogP contribution is -2.55. The summed E-state index contributed by atoms with van der Waals surface area (Å²) in [5.41, 5.74) is 6.68. The Morgan fingerprint density at radius 3 is 2.23 bits per heavy atom. The Morgan fingerprint density at radius 2 is 1.52 bits per heavy atom. The number of ether oxygens (including phenoxy) is 1. The number of imide groups is 2. The number of likely N-dealkylation sites (tertiary alicyclic amines) is 1. The van der Waals surface area contributed by atoms with E-state index >= 15 is 0 Å². The number of sulfonamides is 1. The summed E-state index contributed by atoms with van der Waals surface area (Å²) in [4.78, 5) is 86.9. The summed E-state index contributed by atoms with van der Waals surface area (Å²) in [7, 11) is -1.80. The molecule has 0 saturated carbocycles. The molecule has 7 aliphatic rings. The SMILES string of the molecule is COc1cc(N2CCC(N3CCN(C(=O)C4CCN(CC5CCN(c6ccc7c(c6)C(=O)N(C6CCC(=O)NC6=O)C7=O)CC5)CC4)CC3)CC2)c(C)cc1Nc1ncc(Br)c(Nc2cccc3c2N(S(C)(=O)=O)CC3)n1. The fraction of sp³-hybridized carbons (Fsp3) is 0.509. The highest BCUT2D eigenvalue weighted by molar-refractivity contribution is 9.10. The van der Waals surface area contributed by atoms with Gasteiger partial charge < -0.3 is 35.0 Å². The molecule has 3 aromatic carbocycles. The van der Waals surface area contributed by atoms with Crippen LogP contribution in [0.2, 0.25) is 0 Å². The number of hydrogen-bond donors (Lipinski definition) is 3. The van der Waals surface area contributed by atoms with E-state index in [1.54, 1.807) is 25.4 Å². The van der Waals surface area contributed by atoms with Crippen LogP contribution in [0.25, 0.3) is 0 Å². The number of carbonyl (C=O) groups excluding carboxylic acids is 5. The normalized spacial score (nSPS) is 21.4. The van der Waals surface area contributed by atoms with Crippen LogP contribution in [-0.4, -0.2) is 172 Å². The quantitative estimate of drug-likeness (QED) is 0.141. The van der Waals surface area contributed by atoms with Crippen molar-refractivity contribution in [1.29, 1.82) is 0 Å². The molecule has 1 atom stereocenters. The van der Waals surface area contributed by atoms with E-state index in [2.05, 4.69) is 80.4 Å². The van der Waals surface area contributed by atoms with Crippen molar-refractivity contribution in [3.05, 3.63) is 81.5 Å². The molecule has 3 N–H and O–H groups in total. The number of methoxy groups -OCH3 is 1. The van der Waals surface area contributed by atoms with Crippen LogP contribution in [-0.2, 0) is 30.8 Å². The molecule has 5 saturated heterocycles. The van der Waals surface area contributed by atoms with Gasteiger partial charge in [-0.1, -0.05) is 12.1 Å². The van der Waals surface area contributed by atoms with E-state index in [4.69, 9.17) is 9.72 Å². The molecule has 5 fully saturated rings. The predicted molar refractivity (Wildman–Crippen MR) is 297 cm³/mol. The summed E-state index contributed by atoms with van der Waals surface area (Å²) in [6, 6.07) is 14.7. The van der Waals surface area contributed by atoms with Gasteiger partial charge >= 0.3 is 0 Å². The lowest BCUT2D eigenvalue weighted by Gasteiger charge is -2.44. The first kappa shape index (κ1) is 52.7. The number of aryl methyl sites for hydroxylation is 1. The molecular weight excluding hydrogens is 1070 g/mol. The first-order valence-electron chi connectivity index (χ1n) is 27.1. The second kappa shape index (κ2) is 21.8. The Hall–Kier alpha value is -6.36. The molecule has 0 bridgehead atoms. The van der Waals surface area contributed by atoms with Crippen LogP contribution in [0, 0.1) is 18.8 Å². The van der Waals surface area contributed by atoms with Gasteiger partial charge in [0.1, 0.15) is 17.6 Å². The molecule has 0 radical (unpaired) electrons. The lowest BCUT2D eigenvalue weighted by molar-refractivity contribution is -0.139. The van der Waals surface area contributed by atoms with Gasteiger partial charge in [0.15, 0.2) is 0 Å². The highest BCUT2D eigenvalue weighted by Gasteiger charge is 2.45. The fourth-order valence-electron chi connectivity index (χ4n) is 12.7. The van der Waals surface area contributed by atoms with E-state index in [-0.39, 0.29) is 18.8 Å². The molecule has 4 aromatic rings. The van der Waals surface area contributed by atoms with Gasteiger partial charge in [-0.05, 0) is 135 Å². The number of halogens is 1. The third-order valence-electron chi connectivity index (χ3n) is 16.9. The summed E-state index contributed by atoms with van der Waals surface area (Å²) >= 11 is 3.57. The zero-order valence-corrected chi connectivity index (χ0v) is 46.3. The Morgan fingerprint density at radius 1 is 0.792 bits per heavy atom. The van der Waals surface area contributed by atoms with Crippen LogP contribution in [0.1, 0.15) is 83.2 Å². The maximum Gasteiger partial charge on any atom is 0.262 e. The van der Waals surface area contributed by atoms with Crippen LogP contribution in [0.15, 0.2) is 59.2 Å². The number of piperazine rings is 1. The number of rotatable bonds is 13. The molecule has 20 nitrogen and oxygen atoms in total. The van der Waals surface area contributed by atoms with Gasteiger partial charge in [-0.2, -0.15) is 4.98 Å². The van der Waals surface area contributed by atoms with Crippen LogP contribution in [0.3, 0.4) is 0 Å². The summed E-state index contributed by atoms with van der Waals surface area (Å²) < 4.78 is 33.2. The molecule has 0 spiro atoms. The molecule has 408 valence electrons. The summed E-state index contributed by atoms with van der Waals surface area (Å²) in [6.45, 7) is 12.2. The number of aromatic nitrogens is 2. The molecule has 7 aliphatic heterocycles. The maximum atomic E-state index is 13.9. The average Bonchev–Trinajstić information content (AvgIpc) is 4.01. The molecular formula is C55H67BrN12O8S. The number of amides is 5. The minimum atomic E-state index is -3.46. The molecule has 11 rings (SSSR count). The number of carbonyl (C=O) groups is 5.